The monoisotopic (exact) mass is 318 g/mol. The van der Waals surface area contributed by atoms with Crippen LogP contribution in [0, 0.1) is 16.7 Å². The molecule has 2 aromatic rings. The Bertz CT molecular complexity index is 646. The molecule has 2 N–H and O–H groups in total. The van der Waals surface area contributed by atoms with Gasteiger partial charge in [-0.1, -0.05) is 23.7 Å². The van der Waals surface area contributed by atoms with Crippen LogP contribution >= 0.6 is 11.6 Å². The topological polar surface area (TPSA) is 85.6 Å². The van der Waals surface area contributed by atoms with Crippen molar-refractivity contribution in [3.8, 4) is 6.07 Å². The normalized spacial score (nSPS) is 14.3. The molecule has 1 atom stereocenters. The fourth-order valence-electron chi connectivity index (χ4n) is 2.32. The number of aliphatic hydroxyl groups is 1. The first kappa shape index (κ1) is 16.5. The van der Waals surface area contributed by atoms with Crippen molar-refractivity contribution in [2.24, 2.45) is 5.41 Å². The molecule has 0 spiro atoms. The molecule has 0 aliphatic rings. The third-order valence-electron chi connectivity index (χ3n) is 4.11. The van der Waals surface area contributed by atoms with Crippen molar-refractivity contribution in [1.82, 2.24) is 15.2 Å². The Morgan fingerprint density at radius 2 is 2.00 bits per heavy atom. The van der Waals surface area contributed by atoms with Crippen molar-refractivity contribution in [2.75, 3.05) is 0 Å². The third-order valence-corrected chi connectivity index (χ3v) is 4.36. The zero-order chi connectivity index (χ0) is 16.2. The average molecular weight is 319 g/mol. The summed E-state index contributed by atoms with van der Waals surface area (Å²) in [5, 5.41) is 27.7. The van der Waals surface area contributed by atoms with Crippen molar-refractivity contribution in [2.45, 2.75) is 38.7 Å². The first-order chi connectivity index (χ1) is 10.4. The molecule has 0 amide bonds. The van der Waals surface area contributed by atoms with Crippen LogP contribution in [0.2, 0.25) is 5.02 Å². The molecule has 1 heterocycles. The molecule has 116 valence electrons. The first-order valence-corrected chi connectivity index (χ1v) is 7.46. The molecule has 22 heavy (non-hydrogen) atoms. The summed E-state index contributed by atoms with van der Waals surface area (Å²) in [7, 11) is 0. The van der Waals surface area contributed by atoms with Crippen LogP contribution < -0.4 is 0 Å². The highest BCUT2D eigenvalue weighted by molar-refractivity contribution is 6.30. The molecule has 1 unspecified atom stereocenters. The number of rotatable bonds is 6. The van der Waals surface area contributed by atoms with Crippen molar-refractivity contribution in [3.05, 3.63) is 47.0 Å². The largest absolute Gasteiger partial charge is 0.388 e. The number of H-pyrrole nitrogens is 1. The van der Waals surface area contributed by atoms with Gasteiger partial charge in [0.05, 0.1) is 17.1 Å². The van der Waals surface area contributed by atoms with Crippen molar-refractivity contribution in [1.29, 1.82) is 5.26 Å². The van der Waals surface area contributed by atoms with Crippen LogP contribution in [0.25, 0.3) is 0 Å². The molecule has 0 aliphatic heterocycles. The SMILES string of the molecule is CC(C)(C#N)C(O)(CCc1ccc(Cl)cc1)Cc1ncn[nH]1. The van der Waals surface area contributed by atoms with Crippen molar-refractivity contribution < 1.29 is 5.11 Å². The van der Waals surface area contributed by atoms with Crippen LogP contribution in [-0.2, 0) is 12.8 Å². The lowest BCUT2D eigenvalue weighted by molar-refractivity contribution is -0.0467. The Labute approximate surface area is 135 Å². The molecule has 0 saturated carbocycles. The Morgan fingerprint density at radius 3 is 2.55 bits per heavy atom. The van der Waals surface area contributed by atoms with Gasteiger partial charge >= 0.3 is 0 Å². The van der Waals surface area contributed by atoms with E-state index in [-0.39, 0.29) is 6.42 Å². The van der Waals surface area contributed by atoms with Crippen molar-refractivity contribution >= 4 is 11.6 Å². The zero-order valence-corrected chi connectivity index (χ0v) is 13.4. The van der Waals surface area contributed by atoms with E-state index in [9.17, 15) is 10.4 Å². The molecule has 5 nitrogen and oxygen atoms in total. The number of nitrogens with zero attached hydrogens (tertiary/aromatic N) is 3. The van der Waals surface area contributed by atoms with Gasteiger partial charge in [0, 0.05) is 11.4 Å². The Morgan fingerprint density at radius 1 is 1.32 bits per heavy atom. The maximum absolute atomic E-state index is 11.1. The van der Waals surface area contributed by atoms with E-state index in [2.05, 4.69) is 21.3 Å². The molecular weight excluding hydrogens is 300 g/mol. The molecule has 0 bridgehead atoms. The Hall–Kier alpha value is -1.90. The smallest absolute Gasteiger partial charge is 0.137 e. The van der Waals surface area contributed by atoms with Gasteiger partial charge in [-0.05, 0) is 44.4 Å². The van der Waals surface area contributed by atoms with Crippen LogP contribution in [0.1, 0.15) is 31.7 Å². The summed E-state index contributed by atoms with van der Waals surface area (Å²) >= 11 is 5.88. The van der Waals surface area contributed by atoms with E-state index in [0.717, 1.165) is 5.56 Å². The fraction of sp³-hybridized carbons (Fsp3) is 0.438. The second-order valence-electron chi connectivity index (χ2n) is 6.00. The van der Waals surface area contributed by atoms with Crippen LogP contribution in [-0.4, -0.2) is 25.9 Å². The van der Waals surface area contributed by atoms with Gasteiger partial charge in [-0.2, -0.15) is 10.4 Å². The third kappa shape index (κ3) is 3.65. The highest BCUT2D eigenvalue weighted by Gasteiger charge is 2.44. The summed E-state index contributed by atoms with van der Waals surface area (Å²) in [5.41, 5.74) is -1.05. The summed E-state index contributed by atoms with van der Waals surface area (Å²) in [5.74, 6) is 0.571. The van der Waals surface area contributed by atoms with Gasteiger partial charge in [0.2, 0.25) is 0 Å². The minimum Gasteiger partial charge on any atom is -0.388 e. The van der Waals surface area contributed by atoms with Gasteiger partial charge in [-0.15, -0.1) is 0 Å². The number of aromatic nitrogens is 3. The minimum absolute atomic E-state index is 0.251. The number of hydrogen-bond donors (Lipinski definition) is 2. The standard InChI is InChI=1S/C16H19ClN4O/c1-15(2,10-18)16(22,9-14-19-11-20-21-14)8-7-12-3-5-13(17)6-4-12/h3-6,11,22H,7-9H2,1-2H3,(H,19,20,21). The van der Waals surface area contributed by atoms with E-state index < -0.39 is 11.0 Å². The van der Waals surface area contributed by atoms with Crippen LogP contribution in [0.3, 0.4) is 0 Å². The Balaban J connectivity index is 2.17. The summed E-state index contributed by atoms with van der Waals surface area (Å²) in [6, 6.07) is 9.70. The van der Waals surface area contributed by atoms with Crippen LogP contribution in [0.4, 0.5) is 0 Å². The maximum atomic E-state index is 11.1. The van der Waals surface area contributed by atoms with E-state index in [1.165, 1.54) is 6.33 Å². The quantitative estimate of drug-likeness (QED) is 0.857. The lowest BCUT2D eigenvalue weighted by Gasteiger charge is -2.37. The second-order valence-corrected chi connectivity index (χ2v) is 6.44. The molecule has 2 rings (SSSR count). The number of aromatic amines is 1. The van der Waals surface area contributed by atoms with E-state index in [1.54, 1.807) is 13.8 Å². The predicted octanol–water partition coefficient (Wildman–Crippen LogP) is 2.91. The van der Waals surface area contributed by atoms with E-state index >= 15 is 0 Å². The van der Waals surface area contributed by atoms with Crippen LogP contribution in [0.15, 0.2) is 30.6 Å². The molecule has 6 heteroatoms. The molecule has 0 saturated heterocycles. The van der Waals surface area contributed by atoms with Gasteiger partial charge in [0.25, 0.3) is 0 Å². The van der Waals surface area contributed by atoms with Gasteiger partial charge in [-0.25, -0.2) is 4.98 Å². The van der Waals surface area contributed by atoms with Gasteiger partial charge in [-0.3, -0.25) is 5.10 Å². The highest BCUT2D eigenvalue weighted by Crippen LogP contribution is 2.36. The zero-order valence-electron chi connectivity index (χ0n) is 12.7. The van der Waals surface area contributed by atoms with E-state index in [1.807, 2.05) is 24.3 Å². The number of nitriles is 1. The van der Waals surface area contributed by atoms with Crippen molar-refractivity contribution in [3.63, 3.8) is 0 Å². The number of halogens is 1. The number of benzene rings is 1. The number of hydrogen-bond acceptors (Lipinski definition) is 4. The summed E-state index contributed by atoms with van der Waals surface area (Å²) in [4.78, 5) is 4.06. The average Bonchev–Trinajstić information content (AvgIpc) is 2.99. The first-order valence-electron chi connectivity index (χ1n) is 7.09. The molecule has 0 fully saturated rings. The number of aryl methyl sites for hydroxylation is 1. The van der Waals surface area contributed by atoms with Gasteiger partial charge < -0.3 is 5.11 Å². The molecule has 1 aromatic carbocycles. The summed E-state index contributed by atoms with van der Waals surface area (Å²) < 4.78 is 0. The predicted molar refractivity (Wildman–Crippen MR) is 84.2 cm³/mol. The number of nitrogens with one attached hydrogen (secondary N) is 1. The van der Waals surface area contributed by atoms with E-state index in [0.29, 0.717) is 23.7 Å². The molecule has 0 aliphatic carbocycles. The Kier molecular flexibility index (Phi) is 4.84. The van der Waals surface area contributed by atoms with E-state index in [4.69, 9.17) is 11.6 Å². The fourth-order valence-corrected chi connectivity index (χ4v) is 2.45. The molecule has 0 radical (unpaired) electrons. The molecule has 1 aromatic heterocycles. The second kappa shape index (κ2) is 6.47. The minimum atomic E-state index is -1.21. The molecular formula is C16H19ClN4O. The van der Waals surface area contributed by atoms with Gasteiger partial charge in [0.15, 0.2) is 0 Å². The highest BCUT2D eigenvalue weighted by atomic mass is 35.5. The lowest BCUT2D eigenvalue weighted by atomic mass is 9.71. The summed E-state index contributed by atoms with van der Waals surface area (Å²) in [6.07, 6.45) is 2.73. The van der Waals surface area contributed by atoms with Gasteiger partial charge in [0.1, 0.15) is 12.2 Å². The van der Waals surface area contributed by atoms with Crippen LogP contribution in [0.5, 0.6) is 0 Å². The maximum Gasteiger partial charge on any atom is 0.137 e. The summed E-state index contributed by atoms with van der Waals surface area (Å²) in [6.45, 7) is 3.48. The lowest BCUT2D eigenvalue weighted by Crippen LogP contribution is -2.46.